The first kappa shape index (κ1) is 19.1. The predicted octanol–water partition coefficient (Wildman–Crippen LogP) is -1.17. The van der Waals surface area contributed by atoms with Gasteiger partial charge in [-0.15, -0.1) is 4.28 Å². The Morgan fingerprint density at radius 2 is 2.14 bits per heavy atom. The molecule has 2 unspecified atom stereocenters. The number of nitrogens with one attached hydrogen (secondary N) is 1. The molecule has 0 aromatic carbocycles. The van der Waals surface area contributed by atoms with Gasteiger partial charge in [-0.3, -0.25) is 14.8 Å². The maximum Gasteiger partial charge on any atom is 0.418 e. The number of hydroxylamine groups is 2. The van der Waals surface area contributed by atoms with E-state index in [-0.39, 0.29) is 6.54 Å². The molecule has 3 amide bonds. The second-order valence-electron chi connectivity index (χ2n) is 6.56. The summed E-state index contributed by atoms with van der Waals surface area (Å²) in [5, 5.41) is 2.25. The first-order valence-corrected chi connectivity index (χ1v) is 10.1. The van der Waals surface area contributed by atoms with Crippen molar-refractivity contribution in [3.8, 4) is 0 Å². The van der Waals surface area contributed by atoms with E-state index < -0.39 is 34.4 Å². The first-order chi connectivity index (χ1) is 13.3. The Labute approximate surface area is 160 Å². The van der Waals surface area contributed by atoms with E-state index in [1.165, 1.54) is 11.2 Å². The Balaban J connectivity index is 1.69. The number of rotatable bonds is 5. The van der Waals surface area contributed by atoms with Crippen LogP contribution in [-0.4, -0.2) is 82.3 Å². The normalized spacial score (nSPS) is 25.1. The predicted molar refractivity (Wildman–Crippen MR) is 90.5 cm³/mol. The van der Waals surface area contributed by atoms with E-state index in [1.54, 1.807) is 9.58 Å². The molecule has 0 aliphatic carbocycles. The van der Waals surface area contributed by atoms with Crippen LogP contribution in [0, 0.1) is 0 Å². The van der Waals surface area contributed by atoms with Crippen molar-refractivity contribution in [1.29, 1.82) is 0 Å². The first-order valence-electron chi connectivity index (χ1n) is 8.75. The van der Waals surface area contributed by atoms with Crippen molar-refractivity contribution in [3.05, 3.63) is 17.7 Å². The van der Waals surface area contributed by atoms with Crippen molar-refractivity contribution in [2.75, 3.05) is 32.8 Å². The smallest absolute Gasteiger partial charge is 0.379 e. The van der Waals surface area contributed by atoms with E-state index >= 15 is 0 Å². The number of hydrazine groups is 1. The van der Waals surface area contributed by atoms with Crippen LogP contribution in [0.1, 0.15) is 30.4 Å². The topological polar surface area (TPSA) is 147 Å². The van der Waals surface area contributed by atoms with Crippen LogP contribution in [0.5, 0.6) is 0 Å². The molecule has 1 aromatic heterocycles. The highest BCUT2D eigenvalue weighted by molar-refractivity contribution is 7.80. The fourth-order valence-corrected chi connectivity index (χ4v) is 4.09. The quantitative estimate of drug-likeness (QED) is 0.567. The monoisotopic (exact) mass is 416 g/mol. The Kier molecular flexibility index (Phi) is 4.75. The minimum Gasteiger partial charge on any atom is -0.379 e. The number of hydrogen-bond donors (Lipinski definition) is 2. The molecule has 2 atom stereocenters. The summed E-state index contributed by atoms with van der Waals surface area (Å²) in [5.41, 5.74) is 3.63. The molecule has 4 rings (SSSR count). The summed E-state index contributed by atoms with van der Waals surface area (Å²) in [4.78, 5) is 31.3. The number of ether oxygens (including phenoxy) is 1. The number of amides is 3. The van der Waals surface area contributed by atoms with E-state index in [4.69, 9.17) is 9.29 Å². The van der Waals surface area contributed by atoms with Gasteiger partial charge in [0.2, 0.25) is 0 Å². The van der Waals surface area contributed by atoms with Gasteiger partial charge in [0.15, 0.2) is 6.04 Å². The van der Waals surface area contributed by atoms with Crippen molar-refractivity contribution in [3.63, 3.8) is 0 Å². The molecule has 3 aliphatic heterocycles. The average molecular weight is 416 g/mol. The van der Waals surface area contributed by atoms with Gasteiger partial charge < -0.3 is 14.2 Å². The number of aromatic nitrogens is 2. The van der Waals surface area contributed by atoms with E-state index in [2.05, 4.69) is 14.7 Å². The molecule has 2 fully saturated rings. The molecule has 4 heterocycles. The molecular weight excluding hydrogens is 396 g/mol. The molecule has 13 nitrogen and oxygen atoms in total. The molecule has 0 radical (unpaired) electrons. The summed E-state index contributed by atoms with van der Waals surface area (Å²) in [6.45, 7) is 4.33. The van der Waals surface area contributed by atoms with Gasteiger partial charge in [0.05, 0.1) is 37.5 Å². The van der Waals surface area contributed by atoms with Gasteiger partial charge in [0.25, 0.3) is 5.91 Å². The lowest BCUT2D eigenvalue weighted by atomic mass is 10.0. The van der Waals surface area contributed by atoms with Crippen LogP contribution in [0.3, 0.4) is 0 Å². The molecule has 14 heteroatoms. The number of morpholine rings is 1. The number of fused-ring (bicyclic) bond motifs is 4. The third-order valence-corrected chi connectivity index (χ3v) is 5.27. The summed E-state index contributed by atoms with van der Waals surface area (Å²) in [6.07, 6.45) is 1.53. The Morgan fingerprint density at radius 1 is 1.43 bits per heavy atom. The SMILES string of the molecule is CCn1cnc2c1C(C(=O)NN1CCOCC1)N1CC2N(OS(=O)(=O)O)C1=O. The summed E-state index contributed by atoms with van der Waals surface area (Å²) in [5.74, 6) is -0.446. The van der Waals surface area contributed by atoms with Crippen LogP contribution in [0.4, 0.5) is 4.79 Å². The van der Waals surface area contributed by atoms with E-state index in [0.717, 1.165) is 0 Å². The number of hydrogen-bond acceptors (Lipinski definition) is 8. The number of imidazole rings is 1. The fraction of sp³-hybridized carbons (Fsp3) is 0.643. The standard InChI is InChI=1S/C14H20N6O7S/c1-2-17-8-15-10-9-7-19(14(22)20(9)27-28(23,24)25)12(11(10)17)13(21)16-18-3-5-26-6-4-18/h8-9,12H,2-7H2,1H3,(H,16,21)(H,23,24,25). The van der Waals surface area contributed by atoms with Crippen molar-refractivity contribution in [2.45, 2.75) is 25.6 Å². The zero-order valence-electron chi connectivity index (χ0n) is 15.0. The molecule has 0 spiro atoms. The highest BCUT2D eigenvalue weighted by Gasteiger charge is 2.54. The van der Waals surface area contributed by atoms with Crippen LogP contribution in [0.2, 0.25) is 0 Å². The number of aryl methyl sites for hydroxylation is 1. The van der Waals surface area contributed by atoms with Crippen LogP contribution in [-0.2, 0) is 30.8 Å². The maximum absolute atomic E-state index is 13.1. The third-order valence-electron chi connectivity index (χ3n) is 4.92. The number of carbonyl (C=O) groups is 2. The fourth-order valence-electron chi connectivity index (χ4n) is 3.72. The van der Waals surface area contributed by atoms with Gasteiger partial charge >= 0.3 is 16.4 Å². The third kappa shape index (κ3) is 3.22. The van der Waals surface area contributed by atoms with E-state index in [9.17, 15) is 18.0 Å². The molecule has 3 aliphatic rings. The van der Waals surface area contributed by atoms with Crippen LogP contribution in [0.25, 0.3) is 0 Å². The summed E-state index contributed by atoms with van der Waals surface area (Å²) in [6, 6.07) is -2.71. The second kappa shape index (κ2) is 6.97. The molecular formula is C14H20N6O7S. The Morgan fingerprint density at radius 3 is 2.79 bits per heavy atom. The number of carbonyl (C=O) groups excluding carboxylic acids is 2. The lowest BCUT2D eigenvalue weighted by Gasteiger charge is -2.33. The molecule has 2 N–H and O–H groups in total. The zero-order chi connectivity index (χ0) is 20.1. The molecule has 2 saturated heterocycles. The highest BCUT2D eigenvalue weighted by Crippen LogP contribution is 2.43. The van der Waals surface area contributed by atoms with Gasteiger partial charge in [0.1, 0.15) is 6.04 Å². The highest BCUT2D eigenvalue weighted by atomic mass is 32.3. The van der Waals surface area contributed by atoms with Crippen molar-refractivity contribution in [1.82, 2.24) is 29.9 Å². The van der Waals surface area contributed by atoms with Crippen LogP contribution < -0.4 is 5.43 Å². The molecule has 2 bridgehead atoms. The van der Waals surface area contributed by atoms with Gasteiger partial charge in [-0.2, -0.15) is 13.5 Å². The minimum absolute atomic E-state index is 0.00325. The minimum atomic E-state index is -4.92. The zero-order valence-corrected chi connectivity index (χ0v) is 15.8. The lowest BCUT2D eigenvalue weighted by Crippen LogP contribution is -2.53. The van der Waals surface area contributed by atoms with Crippen molar-refractivity contribution < 1.29 is 31.6 Å². The second-order valence-corrected chi connectivity index (χ2v) is 7.56. The van der Waals surface area contributed by atoms with Gasteiger partial charge in [-0.05, 0) is 6.92 Å². The molecule has 28 heavy (non-hydrogen) atoms. The van der Waals surface area contributed by atoms with Crippen molar-refractivity contribution >= 4 is 22.3 Å². The Bertz CT molecular complexity index is 896. The van der Waals surface area contributed by atoms with Gasteiger partial charge in [-0.1, -0.05) is 0 Å². The maximum atomic E-state index is 13.1. The van der Waals surface area contributed by atoms with Crippen LogP contribution >= 0.6 is 0 Å². The largest absolute Gasteiger partial charge is 0.418 e. The van der Waals surface area contributed by atoms with E-state index in [0.29, 0.717) is 49.3 Å². The summed E-state index contributed by atoms with van der Waals surface area (Å²) in [7, 11) is -4.92. The molecule has 1 aromatic rings. The Hall–Kier alpha value is -2.26. The number of nitrogens with zero attached hydrogens (tertiary/aromatic N) is 5. The van der Waals surface area contributed by atoms with Gasteiger partial charge in [-0.25, -0.2) is 14.8 Å². The molecule has 154 valence electrons. The van der Waals surface area contributed by atoms with Crippen molar-refractivity contribution in [2.24, 2.45) is 0 Å². The van der Waals surface area contributed by atoms with Gasteiger partial charge in [0, 0.05) is 19.6 Å². The average Bonchev–Trinajstić information content (AvgIpc) is 3.18. The lowest BCUT2D eigenvalue weighted by molar-refractivity contribution is -0.133. The summed E-state index contributed by atoms with van der Waals surface area (Å²) < 4.78 is 42.8. The number of urea groups is 1. The van der Waals surface area contributed by atoms with Crippen LogP contribution in [0.15, 0.2) is 6.33 Å². The van der Waals surface area contributed by atoms with E-state index in [1.807, 2.05) is 6.92 Å². The molecule has 0 saturated carbocycles. The summed E-state index contributed by atoms with van der Waals surface area (Å²) >= 11 is 0.